The van der Waals surface area contributed by atoms with Crippen molar-refractivity contribution in [1.29, 1.82) is 0 Å². The average molecular weight is 488 g/mol. The summed E-state index contributed by atoms with van der Waals surface area (Å²) in [5.74, 6) is 0.886. The van der Waals surface area contributed by atoms with E-state index in [2.05, 4.69) is 34.9 Å². The first-order valence-electron chi connectivity index (χ1n) is 15.3. The highest BCUT2D eigenvalue weighted by Crippen LogP contribution is 2.17. The SMILES string of the molecule is CCCCCCCCCCCCCCCC[N+](C)(C)CC(C)CCCCCCCCCC.[Cl-]. The van der Waals surface area contributed by atoms with Crippen LogP contribution in [0.4, 0.5) is 0 Å². The smallest absolute Gasteiger partial charge is 0.0808 e. The van der Waals surface area contributed by atoms with E-state index in [1.54, 1.807) is 0 Å². The van der Waals surface area contributed by atoms with Crippen molar-refractivity contribution in [3.63, 3.8) is 0 Å². The van der Waals surface area contributed by atoms with Gasteiger partial charge < -0.3 is 16.9 Å². The Morgan fingerprint density at radius 2 is 0.758 bits per heavy atom. The van der Waals surface area contributed by atoms with E-state index >= 15 is 0 Å². The van der Waals surface area contributed by atoms with Crippen molar-refractivity contribution in [2.24, 2.45) is 5.92 Å². The fourth-order valence-electron chi connectivity index (χ4n) is 5.39. The number of unbranched alkanes of at least 4 members (excludes halogenated alkanes) is 20. The zero-order valence-corrected chi connectivity index (χ0v) is 24.8. The van der Waals surface area contributed by atoms with E-state index < -0.39 is 0 Å². The summed E-state index contributed by atoms with van der Waals surface area (Å²) in [6.07, 6.45) is 33.4. The van der Waals surface area contributed by atoms with E-state index in [0.29, 0.717) is 0 Å². The molecule has 1 nitrogen and oxygen atoms in total. The summed E-state index contributed by atoms with van der Waals surface area (Å²) in [4.78, 5) is 0. The molecule has 0 fully saturated rings. The third kappa shape index (κ3) is 28.4. The van der Waals surface area contributed by atoms with Crippen molar-refractivity contribution in [1.82, 2.24) is 0 Å². The van der Waals surface area contributed by atoms with Crippen LogP contribution < -0.4 is 12.4 Å². The van der Waals surface area contributed by atoms with Crippen LogP contribution in [0.15, 0.2) is 0 Å². The molecule has 0 saturated heterocycles. The average Bonchev–Trinajstić information content (AvgIpc) is 2.75. The number of rotatable bonds is 26. The van der Waals surface area contributed by atoms with Gasteiger partial charge in [-0.25, -0.2) is 0 Å². The second kappa shape index (κ2) is 26.8. The number of hydrogen-bond donors (Lipinski definition) is 0. The zero-order chi connectivity index (χ0) is 23.8. The van der Waals surface area contributed by atoms with Crippen LogP contribution in [-0.4, -0.2) is 31.7 Å². The van der Waals surface area contributed by atoms with Crippen LogP contribution in [0.2, 0.25) is 0 Å². The Morgan fingerprint density at radius 1 is 0.455 bits per heavy atom. The van der Waals surface area contributed by atoms with Crippen molar-refractivity contribution < 1.29 is 16.9 Å². The topological polar surface area (TPSA) is 0 Å². The number of hydrogen-bond acceptors (Lipinski definition) is 0. The van der Waals surface area contributed by atoms with Gasteiger partial charge in [0.05, 0.1) is 27.2 Å². The Kier molecular flexibility index (Phi) is 28.8. The van der Waals surface area contributed by atoms with Gasteiger partial charge in [-0.1, -0.05) is 149 Å². The molecule has 1 unspecified atom stereocenters. The largest absolute Gasteiger partial charge is 1.00 e. The van der Waals surface area contributed by atoms with Crippen LogP contribution in [0.5, 0.6) is 0 Å². The van der Waals surface area contributed by atoms with Crippen LogP contribution in [0, 0.1) is 5.92 Å². The number of nitrogens with zero attached hydrogens (tertiary/aromatic N) is 1. The molecule has 0 amide bonds. The fraction of sp³-hybridized carbons (Fsp3) is 1.00. The molecule has 0 aromatic carbocycles. The molecule has 0 radical (unpaired) electrons. The van der Waals surface area contributed by atoms with Gasteiger partial charge in [-0.2, -0.15) is 0 Å². The maximum Gasteiger partial charge on any atom is 0.0808 e. The lowest BCUT2D eigenvalue weighted by Gasteiger charge is -2.32. The summed E-state index contributed by atoms with van der Waals surface area (Å²) >= 11 is 0. The zero-order valence-electron chi connectivity index (χ0n) is 24.1. The van der Waals surface area contributed by atoms with Gasteiger partial charge in [0, 0.05) is 5.92 Å². The van der Waals surface area contributed by atoms with Crippen LogP contribution in [0.3, 0.4) is 0 Å². The monoisotopic (exact) mass is 487 g/mol. The van der Waals surface area contributed by atoms with E-state index in [1.165, 1.54) is 165 Å². The van der Waals surface area contributed by atoms with E-state index in [-0.39, 0.29) is 12.4 Å². The summed E-state index contributed by atoms with van der Waals surface area (Å²) in [6.45, 7) is 9.85. The second-order valence-electron chi connectivity index (χ2n) is 11.8. The van der Waals surface area contributed by atoms with E-state index in [4.69, 9.17) is 0 Å². The Labute approximate surface area is 218 Å². The minimum Gasteiger partial charge on any atom is -1.00 e. The van der Waals surface area contributed by atoms with Gasteiger partial charge >= 0.3 is 0 Å². The molecule has 0 bridgehead atoms. The summed E-state index contributed by atoms with van der Waals surface area (Å²) in [5, 5.41) is 0. The molecule has 0 aromatic rings. The van der Waals surface area contributed by atoms with Crippen molar-refractivity contribution in [3.8, 4) is 0 Å². The fourth-order valence-corrected chi connectivity index (χ4v) is 5.39. The maximum absolute atomic E-state index is 2.49. The molecule has 0 aliphatic carbocycles. The van der Waals surface area contributed by atoms with Crippen molar-refractivity contribution in [2.45, 2.75) is 168 Å². The highest BCUT2D eigenvalue weighted by atomic mass is 35.5. The Hall–Kier alpha value is 0.250. The maximum atomic E-state index is 2.49. The molecular weight excluding hydrogens is 422 g/mol. The van der Waals surface area contributed by atoms with E-state index in [0.717, 1.165) is 5.92 Å². The molecule has 0 saturated carbocycles. The van der Waals surface area contributed by atoms with Gasteiger partial charge in [0.1, 0.15) is 0 Å². The molecule has 202 valence electrons. The predicted octanol–water partition coefficient (Wildman–Crippen LogP) is 7.72. The molecule has 33 heavy (non-hydrogen) atoms. The molecule has 0 spiro atoms. The van der Waals surface area contributed by atoms with Gasteiger partial charge in [0.2, 0.25) is 0 Å². The third-order valence-corrected chi connectivity index (χ3v) is 7.47. The minimum absolute atomic E-state index is 0. The minimum atomic E-state index is 0. The van der Waals surface area contributed by atoms with Gasteiger partial charge in [-0.05, 0) is 19.3 Å². The Morgan fingerprint density at radius 3 is 1.12 bits per heavy atom. The molecule has 0 aliphatic rings. The molecule has 0 aliphatic heterocycles. The third-order valence-electron chi connectivity index (χ3n) is 7.47. The molecule has 1 atom stereocenters. The molecule has 0 aromatic heterocycles. The summed E-state index contributed by atoms with van der Waals surface area (Å²) < 4.78 is 1.23. The van der Waals surface area contributed by atoms with Gasteiger partial charge in [0.15, 0.2) is 0 Å². The van der Waals surface area contributed by atoms with Crippen LogP contribution in [0.1, 0.15) is 168 Å². The summed E-state index contributed by atoms with van der Waals surface area (Å²) in [5.41, 5.74) is 0. The molecule has 0 N–H and O–H groups in total. The first kappa shape index (κ1) is 35.4. The lowest BCUT2D eigenvalue weighted by atomic mass is 10.00. The Bertz CT molecular complexity index is 355. The first-order valence-corrected chi connectivity index (χ1v) is 15.3. The lowest BCUT2D eigenvalue weighted by molar-refractivity contribution is -0.893. The Balaban J connectivity index is 0. The molecule has 0 rings (SSSR count). The van der Waals surface area contributed by atoms with Gasteiger partial charge in [-0.3, -0.25) is 0 Å². The van der Waals surface area contributed by atoms with Crippen LogP contribution >= 0.6 is 0 Å². The van der Waals surface area contributed by atoms with E-state index in [9.17, 15) is 0 Å². The van der Waals surface area contributed by atoms with Gasteiger partial charge in [0.25, 0.3) is 0 Å². The molecule has 0 heterocycles. The van der Waals surface area contributed by atoms with Crippen molar-refractivity contribution in [2.75, 3.05) is 27.2 Å². The highest BCUT2D eigenvalue weighted by molar-refractivity contribution is 4.55. The quantitative estimate of drug-likeness (QED) is 0.0864. The summed E-state index contributed by atoms with van der Waals surface area (Å²) in [7, 11) is 4.93. The summed E-state index contributed by atoms with van der Waals surface area (Å²) in [6, 6.07) is 0. The molecular formula is C31H66ClN. The lowest BCUT2D eigenvalue weighted by Crippen LogP contribution is -3.00. The number of quaternary nitrogens is 1. The van der Waals surface area contributed by atoms with Crippen LogP contribution in [0.25, 0.3) is 0 Å². The predicted molar refractivity (Wildman–Crippen MR) is 149 cm³/mol. The van der Waals surface area contributed by atoms with E-state index in [1.807, 2.05) is 0 Å². The standard InChI is InChI=1S/C31H66N.ClH/c1-6-8-10-12-14-16-17-18-19-20-21-23-25-27-29-32(4,5)30-31(3)28-26-24-22-15-13-11-9-7-2;/h31H,6-30H2,1-5H3;1H/q+1;/p-1. The molecule has 2 heteroatoms. The normalized spacial score (nSPS) is 12.6. The van der Waals surface area contributed by atoms with Gasteiger partial charge in [-0.15, -0.1) is 0 Å². The van der Waals surface area contributed by atoms with Crippen LogP contribution in [-0.2, 0) is 0 Å². The first-order chi connectivity index (χ1) is 15.5. The number of halogens is 1. The highest BCUT2D eigenvalue weighted by Gasteiger charge is 2.18. The second-order valence-corrected chi connectivity index (χ2v) is 11.8. The van der Waals surface area contributed by atoms with Crippen molar-refractivity contribution >= 4 is 0 Å². The van der Waals surface area contributed by atoms with Crippen molar-refractivity contribution in [3.05, 3.63) is 0 Å².